The summed E-state index contributed by atoms with van der Waals surface area (Å²) in [6, 6.07) is 0. The Kier molecular flexibility index (Phi) is 4.17. The van der Waals surface area contributed by atoms with Crippen molar-refractivity contribution in [2.75, 3.05) is 0 Å². The minimum atomic E-state index is -4.49. The quantitative estimate of drug-likeness (QED) is 0.794. The van der Waals surface area contributed by atoms with Gasteiger partial charge in [-0.05, 0) is 37.0 Å². The highest BCUT2D eigenvalue weighted by atomic mass is 19.4. The predicted octanol–water partition coefficient (Wildman–Crippen LogP) is 4.30. The molecule has 0 aromatic carbocycles. The lowest BCUT2D eigenvalue weighted by Crippen LogP contribution is -2.52. The molecule has 2 atom stereocenters. The minimum absolute atomic E-state index is 0.0391. The van der Waals surface area contributed by atoms with Gasteiger partial charge in [-0.25, -0.2) is 0 Å². The van der Waals surface area contributed by atoms with E-state index < -0.39 is 11.8 Å². The molecule has 0 aromatic rings. The Morgan fingerprint density at radius 1 is 1.24 bits per heavy atom. The second kappa shape index (κ2) is 4.79. The van der Waals surface area contributed by atoms with Crippen LogP contribution in [0.4, 0.5) is 13.2 Å². The molecule has 0 amide bonds. The van der Waals surface area contributed by atoms with Crippen LogP contribution in [0.1, 0.15) is 59.3 Å². The minimum Gasteiger partial charge on any atom is -0.380 e. The number of hydrogen-bond acceptors (Lipinski definition) is 1. The Morgan fingerprint density at radius 3 is 2.29 bits per heavy atom. The zero-order chi connectivity index (χ0) is 13.3. The molecule has 17 heavy (non-hydrogen) atoms. The number of hydrogen-bond donors (Lipinski definition) is 1. The lowest BCUT2D eigenvalue weighted by Gasteiger charge is -2.47. The summed E-state index contributed by atoms with van der Waals surface area (Å²) in [6.45, 7) is 6.07. The Bertz CT molecular complexity index is 260. The van der Waals surface area contributed by atoms with Crippen molar-refractivity contribution in [3.63, 3.8) is 0 Å². The lowest BCUT2D eigenvalue weighted by atomic mass is 9.62. The molecule has 0 radical (unpaired) electrons. The average Bonchev–Trinajstić information content (AvgIpc) is 2.18. The summed E-state index contributed by atoms with van der Waals surface area (Å²) >= 11 is 0. The monoisotopic (exact) mass is 252 g/mol. The van der Waals surface area contributed by atoms with Gasteiger partial charge in [-0.1, -0.05) is 33.6 Å². The van der Waals surface area contributed by atoms with Gasteiger partial charge < -0.3 is 5.11 Å². The summed E-state index contributed by atoms with van der Waals surface area (Å²) < 4.78 is 38.5. The first-order chi connectivity index (χ1) is 7.62. The van der Waals surface area contributed by atoms with Crippen molar-refractivity contribution in [2.45, 2.75) is 71.1 Å². The highest BCUT2D eigenvalue weighted by Crippen LogP contribution is 2.51. The van der Waals surface area contributed by atoms with Gasteiger partial charge >= 0.3 is 6.18 Å². The van der Waals surface area contributed by atoms with Crippen LogP contribution in [0.15, 0.2) is 0 Å². The second-order valence-corrected chi connectivity index (χ2v) is 6.06. The summed E-state index contributed by atoms with van der Waals surface area (Å²) in [7, 11) is 0. The van der Waals surface area contributed by atoms with Gasteiger partial charge in [0.05, 0.1) is 0 Å². The first-order valence-electron chi connectivity index (χ1n) is 6.41. The molecular formula is C13H23F3O. The summed E-state index contributed by atoms with van der Waals surface area (Å²) in [5.41, 5.74) is -2.55. The zero-order valence-electron chi connectivity index (χ0n) is 10.9. The van der Waals surface area contributed by atoms with Crippen LogP contribution in [0.5, 0.6) is 0 Å². The molecule has 0 aromatic heterocycles. The van der Waals surface area contributed by atoms with Crippen molar-refractivity contribution in [3.8, 4) is 0 Å². The molecule has 0 saturated heterocycles. The Morgan fingerprint density at radius 2 is 1.82 bits per heavy atom. The molecule has 0 heterocycles. The maximum Gasteiger partial charge on any atom is 0.417 e. The average molecular weight is 252 g/mol. The summed E-state index contributed by atoms with van der Waals surface area (Å²) in [4.78, 5) is 0. The smallest absolute Gasteiger partial charge is 0.380 e. The van der Waals surface area contributed by atoms with Crippen molar-refractivity contribution in [1.82, 2.24) is 0 Å². The standard InChI is InChI=1S/C13H23F3O/c1-4-5-6-10-9-12(17,13(14,15)16)8-7-11(10,2)3/h10,17H,4-9H2,1-3H3. The van der Waals surface area contributed by atoms with E-state index in [1.54, 1.807) is 0 Å². The van der Waals surface area contributed by atoms with E-state index in [1.807, 2.05) is 20.8 Å². The number of aliphatic hydroxyl groups is 1. The molecule has 1 N–H and O–H groups in total. The molecule has 1 aliphatic carbocycles. The Labute approximate surface area is 101 Å². The molecule has 1 fully saturated rings. The van der Waals surface area contributed by atoms with Crippen LogP contribution in [0, 0.1) is 11.3 Å². The fraction of sp³-hybridized carbons (Fsp3) is 1.00. The molecule has 0 bridgehead atoms. The third kappa shape index (κ3) is 3.15. The van der Waals surface area contributed by atoms with Crippen molar-refractivity contribution in [3.05, 3.63) is 0 Å². The molecule has 0 aliphatic heterocycles. The van der Waals surface area contributed by atoms with Gasteiger partial charge in [0.2, 0.25) is 0 Å². The fourth-order valence-electron chi connectivity index (χ4n) is 2.72. The molecular weight excluding hydrogens is 229 g/mol. The van der Waals surface area contributed by atoms with E-state index in [4.69, 9.17) is 0 Å². The zero-order valence-corrected chi connectivity index (χ0v) is 10.9. The SMILES string of the molecule is CCCCC1CC(O)(C(F)(F)F)CCC1(C)C. The predicted molar refractivity (Wildman–Crippen MR) is 61.7 cm³/mol. The normalized spacial score (nSPS) is 33.7. The summed E-state index contributed by atoms with van der Waals surface area (Å²) in [6.07, 6.45) is -1.65. The molecule has 2 unspecified atom stereocenters. The first-order valence-corrected chi connectivity index (χ1v) is 6.41. The van der Waals surface area contributed by atoms with Crippen LogP contribution in [0.25, 0.3) is 0 Å². The van der Waals surface area contributed by atoms with Gasteiger partial charge in [-0.3, -0.25) is 0 Å². The van der Waals surface area contributed by atoms with E-state index in [0.717, 1.165) is 19.3 Å². The number of unbranched alkanes of at least 4 members (excludes halogenated alkanes) is 1. The van der Waals surface area contributed by atoms with Crippen LogP contribution in [-0.4, -0.2) is 16.9 Å². The van der Waals surface area contributed by atoms with E-state index in [2.05, 4.69) is 0 Å². The third-order valence-corrected chi connectivity index (χ3v) is 4.31. The van der Waals surface area contributed by atoms with Crippen molar-refractivity contribution in [2.24, 2.45) is 11.3 Å². The van der Waals surface area contributed by atoms with Gasteiger partial charge in [0, 0.05) is 0 Å². The Balaban J connectivity index is 2.79. The van der Waals surface area contributed by atoms with Gasteiger partial charge in [-0.15, -0.1) is 0 Å². The van der Waals surface area contributed by atoms with E-state index in [1.165, 1.54) is 0 Å². The van der Waals surface area contributed by atoms with E-state index in [0.29, 0.717) is 6.42 Å². The number of halogens is 3. The molecule has 0 spiro atoms. The van der Waals surface area contributed by atoms with Gasteiger partial charge in [0.25, 0.3) is 0 Å². The largest absolute Gasteiger partial charge is 0.417 e. The number of alkyl halides is 3. The van der Waals surface area contributed by atoms with Crippen molar-refractivity contribution >= 4 is 0 Å². The Hall–Kier alpha value is -0.250. The molecule has 1 saturated carbocycles. The van der Waals surface area contributed by atoms with Gasteiger partial charge in [0.1, 0.15) is 0 Å². The second-order valence-electron chi connectivity index (χ2n) is 6.06. The fourth-order valence-corrected chi connectivity index (χ4v) is 2.72. The summed E-state index contributed by atoms with van der Waals surface area (Å²) in [5, 5.41) is 9.78. The first kappa shape index (κ1) is 14.8. The van der Waals surface area contributed by atoms with Crippen LogP contribution in [-0.2, 0) is 0 Å². The van der Waals surface area contributed by atoms with Crippen LogP contribution in [0.2, 0.25) is 0 Å². The maximum absolute atomic E-state index is 12.8. The topological polar surface area (TPSA) is 20.2 Å². The summed E-state index contributed by atoms with van der Waals surface area (Å²) in [5.74, 6) is -0.0391. The van der Waals surface area contributed by atoms with Gasteiger partial charge in [0.15, 0.2) is 5.60 Å². The highest BCUT2D eigenvalue weighted by Gasteiger charge is 2.58. The van der Waals surface area contributed by atoms with E-state index >= 15 is 0 Å². The maximum atomic E-state index is 12.8. The van der Waals surface area contributed by atoms with Crippen molar-refractivity contribution < 1.29 is 18.3 Å². The van der Waals surface area contributed by atoms with Crippen LogP contribution in [0.3, 0.4) is 0 Å². The van der Waals surface area contributed by atoms with Crippen molar-refractivity contribution in [1.29, 1.82) is 0 Å². The van der Waals surface area contributed by atoms with Crippen LogP contribution < -0.4 is 0 Å². The van der Waals surface area contributed by atoms with E-state index in [9.17, 15) is 18.3 Å². The molecule has 1 aliphatic rings. The third-order valence-electron chi connectivity index (χ3n) is 4.31. The molecule has 102 valence electrons. The molecule has 1 nitrogen and oxygen atoms in total. The number of rotatable bonds is 3. The van der Waals surface area contributed by atoms with E-state index in [-0.39, 0.29) is 24.2 Å². The van der Waals surface area contributed by atoms with Gasteiger partial charge in [-0.2, -0.15) is 13.2 Å². The van der Waals surface area contributed by atoms with Crippen LogP contribution >= 0.6 is 0 Å². The molecule has 1 rings (SSSR count). The lowest BCUT2D eigenvalue weighted by molar-refractivity contribution is -0.281. The highest BCUT2D eigenvalue weighted by molar-refractivity contribution is 4.98. The molecule has 4 heteroatoms.